The lowest BCUT2D eigenvalue weighted by atomic mass is 9.98. The molecule has 1 aliphatic heterocycles. The van der Waals surface area contributed by atoms with Crippen LogP contribution in [0.4, 0.5) is 0 Å². The Morgan fingerprint density at radius 3 is 2.27 bits per heavy atom. The summed E-state index contributed by atoms with van der Waals surface area (Å²) in [6, 6.07) is 17.3. The van der Waals surface area contributed by atoms with Crippen LogP contribution in [0.1, 0.15) is 11.1 Å². The molecule has 1 saturated heterocycles. The van der Waals surface area contributed by atoms with E-state index in [0.29, 0.717) is 6.54 Å². The van der Waals surface area contributed by atoms with E-state index in [9.17, 15) is 0 Å². The summed E-state index contributed by atoms with van der Waals surface area (Å²) < 4.78 is 0. The van der Waals surface area contributed by atoms with Crippen molar-refractivity contribution < 1.29 is 0 Å². The fourth-order valence-corrected chi connectivity index (χ4v) is 3.03. The van der Waals surface area contributed by atoms with Gasteiger partial charge in [0.2, 0.25) is 0 Å². The van der Waals surface area contributed by atoms with Crippen LogP contribution in [-0.2, 0) is 13.1 Å². The lowest BCUT2D eigenvalue weighted by molar-refractivity contribution is 0.148. The molecule has 3 heteroatoms. The quantitative estimate of drug-likeness (QED) is 0.941. The van der Waals surface area contributed by atoms with Crippen molar-refractivity contribution in [3.63, 3.8) is 0 Å². The fraction of sp³-hybridized carbons (Fsp3) is 0.368. The first-order valence-electron chi connectivity index (χ1n) is 8.04. The molecule has 0 unspecified atom stereocenters. The molecule has 0 amide bonds. The number of benzene rings is 2. The number of hydrogen-bond acceptors (Lipinski definition) is 3. The standard InChI is InChI=1S/C19H25N3/c1-21-10-12-22(13-11-21)15-16-6-8-17(9-7-16)19-5-3-2-4-18(19)14-20/h2-9H,10-15,20H2,1H3. The second-order valence-electron chi connectivity index (χ2n) is 6.14. The van der Waals surface area contributed by atoms with Gasteiger partial charge < -0.3 is 10.6 Å². The first-order chi connectivity index (χ1) is 10.8. The van der Waals surface area contributed by atoms with Crippen LogP contribution < -0.4 is 5.73 Å². The average molecular weight is 295 g/mol. The summed E-state index contributed by atoms with van der Waals surface area (Å²) in [5, 5.41) is 0. The van der Waals surface area contributed by atoms with Gasteiger partial charge in [0, 0.05) is 39.3 Å². The van der Waals surface area contributed by atoms with Crippen molar-refractivity contribution >= 4 is 0 Å². The number of likely N-dealkylation sites (N-methyl/N-ethyl adjacent to an activating group) is 1. The Labute approximate surface area is 133 Å². The van der Waals surface area contributed by atoms with Gasteiger partial charge in [0.25, 0.3) is 0 Å². The molecule has 0 saturated carbocycles. The SMILES string of the molecule is CN1CCN(Cc2ccc(-c3ccccc3CN)cc2)CC1. The molecule has 3 nitrogen and oxygen atoms in total. The van der Waals surface area contributed by atoms with E-state index in [4.69, 9.17) is 5.73 Å². The fourth-order valence-electron chi connectivity index (χ4n) is 3.03. The lowest BCUT2D eigenvalue weighted by Gasteiger charge is -2.32. The van der Waals surface area contributed by atoms with Crippen LogP contribution in [-0.4, -0.2) is 43.0 Å². The van der Waals surface area contributed by atoms with Crippen molar-refractivity contribution in [2.45, 2.75) is 13.1 Å². The Morgan fingerprint density at radius 1 is 0.909 bits per heavy atom. The second kappa shape index (κ2) is 7.05. The lowest BCUT2D eigenvalue weighted by Crippen LogP contribution is -2.43. The summed E-state index contributed by atoms with van der Waals surface area (Å²) in [6.07, 6.45) is 0. The molecule has 1 heterocycles. The van der Waals surface area contributed by atoms with Crippen LogP contribution >= 0.6 is 0 Å². The Bertz CT molecular complexity index is 598. The molecule has 0 radical (unpaired) electrons. The maximum Gasteiger partial charge on any atom is 0.0234 e. The second-order valence-corrected chi connectivity index (χ2v) is 6.14. The molecule has 0 bridgehead atoms. The van der Waals surface area contributed by atoms with Crippen LogP contribution in [0.15, 0.2) is 48.5 Å². The molecule has 0 aliphatic carbocycles. The maximum atomic E-state index is 5.84. The third-order valence-corrected chi connectivity index (χ3v) is 4.50. The average Bonchev–Trinajstić information content (AvgIpc) is 2.58. The Kier molecular flexibility index (Phi) is 4.88. The van der Waals surface area contributed by atoms with E-state index >= 15 is 0 Å². The zero-order valence-electron chi connectivity index (χ0n) is 13.3. The number of nitrogens with zero attached hydrogens (tertiary/aromatic N) is 2. The predicted octanol–water partition coefficient (Wildman–Crippen LogP) is 2.56. The van der Waals surface area contributed by atoms with E-state index in [2.05, 4.69) is 59.3 Å². The number of piperazine rings is 1. The summed E-state index contributed by atoms with van der Waals surface area (Å²) in [7, 11) is 2.20. The van der Waals surface area contributed by atoms with Crippen LogP contribution in [0.25, 0.3) is 11.1 Å². The minimum absolute atomic E-state index is 0.583. The monoisotopic (exact) mass is 295 g/mol. The summed E-state index contributed by atoms with van der Waals surface area (Å²) in [5.41, 5.74) is 10.9. The van der Waals surface area contributed by atoms with Gasteiger partial charge in [0.05, 0.1) is 0 Å². The van der Waals surface area contributed by atoms with Crippen molar-refractivity contribution in [2.75, 3.05) is 33.2 Å². The zero-order chi connectivity index (χ0) is 15.4. The first kappa shape index (κ1) is 15.2. The Morgan fingerprint density at radius 2 is 1.59 bits per heavy atom. The van der Waals surface area contributed by atoms with Gasteiger partial charge in [-0.25, -0.2) is 0 Å². The smallest absolute Gasteiger partial charge is 0.0234 e. The maximum absolute atomic E-state index is 5.84. The van der Waals surface area contributed by atoms with E-state index in [0.717, 1.165) is 19.6 Å². The van der Waals surface area contributed by atoms with Crippen LogP contribution in [0.3, 0.4) is 0 Å². The highest BCUT2D eigenvalue weighted by Gasteiger charge is 2.13. The van der Waals surface area contributed by atoms with E-state index in [1.807, 2.05) is 6.07 Å². The minimum atomic E-state index is 0.583. The van der Waals surface area contributed by atoms with Crippen molar-refractivity contribution in [3.05, 3.63) is 59.7 Å². The Balaban J connectivity index is 1.70. The third kappa shape index (κ3) is 3.55. The topological polar surface area (TPSA) is 32.5 Å². The molecule has 1 aliphatic rings. The van der Waals surface area contributed by atoms with Gasteiger partial charge in [-0.05, 0) is 29.3 Å². The van der Waals surface area contributed by atoms with E-state index in [1.54, 1.807) is 0 Å². The molecule has 0 spiro atoms. The van der Waals surface area contributed by atoms with Gasteiger partial charge in [-0.3, -0.25) is 4.90 Å². The third-order valence-electron chi connectivity index (χ3n) is 4.50. The van der Waals surface area contributed by atoms with Gasteiger partial charge in [0.15, 0.2) is 0 Å². The summed E-state index contributed by atoms with van der Waals surface area (Å²) in [5.74, 6) is 0. The molecule has 2 aromatic rings. The van der Waals surface area contributed by atoms with Crippen molar-refractivity contribution in [2.24, 2.45) is 5.73 Å². The van der Waals surface area contributed by atoms with Crippen molar-refractivity contribution in [1.29, 1.82) is 0 Å². The molecule has 1 fully saturated rings. The van der Waals surface area contributed by atoms with Gasteiger partial charge >= 0.3 is 0 Å². The molecule has 3 rings (SSSR count). The van der Waals surface area contributed by atoms with Crippen molar-refractivity contribution in [1.82, 2.24) is 9.80 Å². The summed E-state index contributed by atoms with van der Waals surface area (Å²) in [6.45, 7) is 6.29. The summed E-state index contributed by atoms with van der Waals surface area (Å²) >= 11 is 0. The highest BCUT2D eigenvalue weighted by Crippen LogP contribution is 2.24. The van der Waals surface area contributed by atoms with Crippen LogP contribution in [0.5, 0.6) is 0 Å². The van der Waals surface area contributed by atoms with Gasteiger partial charge in [-0.15, -0.1) is 0 Å². The van der Waals surface area contributed by atoms with E-state index < -0.39 is 0 Å². The van der Waals surface area contributed by atoms with Gasteiger partial charge in [-0.1, -0.05) is 48.5 Å². The zero-order valence-corrected chi connectivity index (χ0v) is 13.3. The highest BCUT2D eigenvalue weighted by molar-refractivity contribution is 5.67. The largest absolute Gasteiger partial charge is 0.326 e. The normalized spacial score (nSPS) is 16.8. The molecule has 2 aromatic carbocycles. The number of rotatable bonds is 4. The number of nitrogens with two attached hydrogens (primary N) is 1. The predicted molar refractivity (Wildman–Crippen MR) is 92.5 cm³/mol. The molecule has 116 valence electrons. The first-order valence-corrected chi connectivity index (χ1v) is 8.04. The molecular formula is C19H25N3. The van der Waals surface area contributed by atoms with Crippen LogP contribution in [0, 0.1) is 0 Å². The minimum Gasteiger partial charge on any atom is -0.326 e. The van der Waals surface area contributed by atoms with Crippen LogP contribution in [0.2, 0.25) is 0 Å². The summed E-state index contributed by atoms with van der Waals surface area (Å²) in [4.78, 5) is 4.92. The molecule has 22 heavy (non-hydrogen) atoms. The van der Waals surface area contributed by atoms with Gasteiger partial charge in [-0.2, -0.15) is 0 Å². The molecule has 2 N–H and O–H groups in total. The molecule has 0 atom stereocenters. The highest BCUT2D eigenvalue weighted by atomic mass is 15.2. The van der Waals surface area contributed by atoms with E-state index in [1.165, 1.54) is 35.3 Å². The molecule has 0 aromatic heterocycles. The molecular weight excluding hydrogens is 270 g/mol. The van der Waals surface area contributed by atoms with E-state index in [-0.39, 0.29) is 0 Å². The van der Waals surface area contributed by atoms with Gasteiger partial charge in [0.1, 0.15) is 0 Å². The number of hydrogen-bond donors (Lipinski definition) is 1. The Hall–Kier alpha value is -1.68. The van der Waals surface area contributed by atoms with Crippen molar-refractivity contribution in [3.8, 4) is 11.1 Å².